The van der Waals surface area contributed by atoms with Crippen molar-refractivity contribution in [3.63, 3.8) is 0 Å². The molecule has 0 saturated heterocycles. The molecule has 3 aromatic rings. The molecule has 8 heteroatoms. The van der Waals surface area contributed by atoms with Gasteiger partial charge in [0.1, 0.15) is 0 Å². The van der Waals surface area contributed by atoms with Crippen LogP contribution in [0.3, 0.4) is 0 Å². The summed E-state index contributed by atoms with van der Waals surface area (Å²) in [6.45, 7) is 1.27. The first kappa shape index (κ1) is 11.6. The predicted molar refractivity (Wildman–Crippen MR) is 71.4 cm³/mol. The van der Waals surface area contributed by atoms with Crippen LogP contribution in [0.15, 0.2) is 35.5 Å². The quantitative estimate of drug-likeness (QED) is 0.720. The molecule has 0 saturated carbocycles. The van der Waals surface area contributed by atoms with Gasteiger partial charge in [0.25, 0.3) is 10.0 Å². The molecule has 0 unspecified atom stereocenters. The second-order valence-corrected chi connectivity index (χ2v) is 6.50. The summed E-state index contributed by atoms with van der Waals surface area (Å²) in [5.74, 6) is 0. The molecule has 1 aromatic carbocycles. The first-order chi connectivity index (χ1) is 9.64. The van der Waals surface area contributed by atoms with E-state index in [-0.39, 0.29) is 4.90 Å². The molecule has 2 aromatic heterocycles. The van der Waals surface area contributed by atoms with Gasteiger partial charge in [0.2, 0.25) is 0 Å². The maximum atomic E-state index is 12.6. The Morgan fingerprint density at radius 2 is 2.15 bits per heavy atom. The van der Waals surface area contributed by atoms with E-state index in [9.17, 15) is 8.42 Å². The summed E-state index contributed by atoms with van der Waals surface area (Å²) in [5, 5.41) is 14.8. The Labute approximate surface area is 114 Å². The summed E-state index contributed by atoms with van der Waals surface area (Å²) >= 11 is 0. The van der Waals surface area contributed by atoms with Crippen molar-refractivity contribution >= 4 is 20.9 Å². The molecule has 0 spiro atoms. The topological polar surface area (TPSA) is 92.7 Å². The number of H-pyrrole nitrogens is 1. The number of rotatable bonds is 2. The number of nitrogens with zero attached hydrogens (tertiary/aromatic N) is 3. The summed E-state index contributed by atoms with van der Waals surface area (Å²) in [6.07, 6.45) is 3.22. The molecule has 0 radical (unpaired) electrons. The van der Waals surface area contributed by atoms with Crippen molar-refractivity contribution in [2.45, 2.75) is 18.0 Å². The third kappa shape index (κ3) is 1.58. The first-order valence-corrected chi connectivity index (χ1v) is 7.55. The summed E-state index contributed by atoms with van der Waals surface area (Å²) in [6, 6.07) is 4.87. The van der Waals surface area contributed by atoms with Crippen molar-refractivity contribution in [3.8, 4) is 0 Å². The van der Waals surface area contributed by atoms with Crippen LogP contribution in [0.1, 0.15) is 11.3 Å². The van der Waals surface area contributed by atoms with Gasteiger partial charge in [0, 0.05) is 30.2 Å². The van der Waals surface area contributed by atoms with E-state index in [1.807, 2.05) is 0 Å². The van der Waals surface area contributed by atoms with Gasteiger partial charge in [-0.15, -0.1) is 0 Å². The van der Waals surface area contributed by atoms with Crippen LogP contribution in [0.25, 0.3) is 10.9 Å². The van der Waals surface area contributed by atoms with Crippen LogP contribution >= 0.6 is 0 Å². The van der Waals surface area contributed by atoms with Crippen molar-refractivity contribution in [1.82, 2.24) is 24.7 Å². The van der Waals surface area contributed by atoms with Gasteiger partial charge in [-0.2, -0.15) is 22.7 Å². The van der Waals surface area contributed by atoms with Gasteiger partial charge in [-0.05, 0) is 18.2 Å². The van der Waals surface area contributed by atoms with Crippen molar-refractivity contribution in [3.05, 3.63) is 41.9 Å². The molecule has 1 aliphatic heterocycles. The average Bonchev–Trinajstić information content (AvgIpc) is 3.12. The number of nitrogens with one attached hydrogen (secondary N) is 2. The lowest BCUT2D eigenvalue weighted by Gasteiger charge is -2.04. The van der Waals surface area contributed by atoms with Gasteiger partial charge < -0.3 is 5.32 Å². The highest BCUT2D eigenvalue weighted by molar-refractivity contribution is 7.89. The van der Waals surface area contributed by atoms with E-state index in [1.165, 1.54) is 0 Å². The summed E-state index contributed by atoms with van der Waals surface area (Å²) in [7, 11) is -3.66. The molecular weight excluding hydrogens is 278 g/mol. The second kappa shape index (κ2) is 3.90. The van der Waals surface area contributed by atoms with Crippen LogP contribution in [0.2, 0.25) is 0 Å². The zero-order valence-corrected chi connectivity index (χ0v) is 11.2. The Balaban J connectivity index is 1.85. The maximum Gasteiger partial charge on any atom is 0.283 e. The fourth-order valence-electron chi connectivity index (χ4n) is 2.34. The lowest BCUT2D eigenvalue weighted by molar-refractivity contribution is 0.578. The van der Waals surface area contributed by atoms with Gasteiger partial charge in [0.05, 0.1) is 22.3 Å². The van der Waals surface area contributed by atoms with E-state index in [2.05, 4.69) is 20.6 Å². The van der Waals surface area contributed by atoms with Crippen LogP contribution in [-0.2, 0) is 23.1 Å². The van der Waals surface area contributed by atoms with Gasteiger partial charge >= 0.3 is 0 Å². The Morgan fingerprint density at radius 3 is 3.00 bits per heavy atom. The number of fused-ring (bicyclic) bond motifs is 2. The average molecular weight is 289 g/mol. The van der Waals surface area contributed by atoms with Crippen molar-refractivity contribution in [2.24, 2.45) is 0 Å². The Morgan fingerprint density at radius 1 is 1.25 bits per heavy atom. The normalized spacial score (nSPS) is 14.8. The van der Waals surface area contributed by atoms with Gasteiger partial charge in [-0.3, -0.25) is 5.10 Å². The molecule has 0 bridgehead atoms. The Hall–Kier alpha value is -2.19. The molecule has 4 rings (SSSR count). The molecule has 102 valence electrons. The summed E-state index contributed by atoms with van der Waals surface area (Å²) in [5.41, 5.74) is 2.40. The minimum Gasteiger partial charge on any atom is -0.307 e. The highest BCUT2D eigenvalue weighted by Crippen LogP contribution is 2.21. The summed E-state index contributed by atoms with van der Waals surface area (Å²) in [4.78, 5) is 0.198. The lowest BCUT2D eigenvalue weighted by atomic mass is 10.3. The smallest absolute Gasteiger partial charge is 0.283 e. The number of benzene rings is 1. The van der Waals surface area contributed by atoms with Gasteiger partial charge in [-0.25, -0.2) is 0 Å². The molecule has 0 fully saturated rings. The highest BCUT2D eigenvalue weighted by atomic mass is 32.2. The minimum absolute atomic E-state index is 0.198. The summed E-state index contributed by atoms with van der Waals surface area (Å²) < 4.78 is 26.2. The zero-order valence-electron chi connectivity index (χ0n) is 10.4. The molecule has 3 heterocycles. The molecule has 20 heavy (non-hydrogen) atoms. The molecular formula is C12H11N5O2S. The number of aromatic amines is 1. The first-order valence-electron chi connectivity index (χ1n) is 6.11. The van der Waals surface area contributed by atoms with Crippen molar-refractivity contribution in [1.29, 1.82) is 0 Å². The number of aromatic nitrogens is 4. The largest absolute Gasteiger partial charge is 0.307 e. The van der Waals surface area contributed by atoms with E-state index >= 15 is 0 Å². The lowest BCUT2D eigenvalue weighted by Crippen LogP contribution is -2.15. The Bertz CT molecular complexity index is 887. The molecule has 0 atom stereocenters. The third-order valence-electron chi connectivity index (χ3n) is 3.42. The van der Waals surface area contributed by atoms with E-state index < -0.39 is 10.0 Å². The molecule has 2 N–H and O–H groups in total. The van der Waals surface area contributed by atoms with Crippen LogP contribution < -0.4 is 5.32 Å². The highest BCUT2D eigenvalue weighted by Gasteiger charge is 2.23. The van der Waals surface area contributed by atoms with E-state index in [0.29, 0.717) is 18.6 Å². The van der Waals surface area contributed by atoms with Crippen LogP contribution in [0.5, 0.6) is 0 Å². The number of hydrogen-bond donors (Lipinski definition) is 2. The molecule has 7 nitrogen and oxygen atoms in total. The SMILES string of the molecule is O=S(=O)(c1ccc2cn[nH]c2c1)n1cc2c(n1)CNC2. The second-order valence-electron chi connectivity index (χ2n) is 4.70. The fraction of sp³-hybridized carbons (Fsp3) is 0.167. The number of hydrogen-bond acceptors (Lipinski definition) is 5. The van der Waals surface area contributed by atoms with Gasteiger partial charge in [-0.1, -0.05) is 0 Å². The van der Waals surface area contributed by atoms with Crippen LogP contribution in [0.4, 0.5) is 0 Å². The Kier molecular flexibility index (Phi) is 2.27. The van der Waals surface area contributed by atoms with Crippen LogP contribution in [-0.4, -0.2) is 27.8 Å². The monoisotopic (exact) mass is 289 g/mol. The third-order valence-corrected chi connectivity index (χ3v) is 4.95. The molecule has 1 aliphatic rings. The van der Waals surface area contributed by atoms with Crippen molar-refractivity contribution < 1.29 is 8.42 Å². The molecule has 0 aliphatic carbocycles. The fourth-order valence-corrected chi connectivity index (χ4v) is 3.53. The minimum atomic E-state index is -3.66. The molecule has 0 amide bonds. The standard InChI is InChI=1S/C12H11N5O2S/c18-20(19,17-7-9-4-13-6-12(9)16-17)10-2-1-8-5-14-15-11(8)3-10/h1-3,5,7,13H,4,6H2,(H,14,15). The predicted octanol–water partition coefficient (Wildman–Crippen LogP) is 0.600. The zero-order chi connectivity index (χ0) is 13.7. The van der Waals surface area contributed by atoms with Gasteiger partial charge in [0.15, 0.2) is 0 Å². The van der Waals surface area contributed by atoms with E-state index in [4.69, 9.17) is 0 Å². The van der Waals surface area contributed by atoms with E-state index in [1.54, 1.807) is 30.6 Å². The van der Waals surface area contributed by atoms with Crippen LogP contribution in [0, 0.1) is 0 Å². The van der Waals surface area contributed by atoms with Crippen molar-refractivity contribution in [2.75, 3.05) is 0 Å². The maximum absolute atomic E-state index is 12.6. The van der Waals surface area contributed by atoms with E-state index in [0.717, 1.165) is 20.7 Å².